The van der Waals surface area contributed by atoms with Gasteiger partial charge in [0.1, 0.15) is 12.1 Å². The Morgan fingerprint density at radius 1 is 0.690 bits per heavy atom. The molecule has 2 N–H and O–H groups in total. The third kappa shape index (κ3) is 7.13. The van der Waals surface area contributed by atoms with E-state index in [9.17, 15) is 19.2 Å². The summed E-state index contributed by atoms with van der Waals surface area (Å²) >= 11 is 0. The molecule has 0 aliphatic carbocycles. The highest BCUT2D eigenvalue weighted by molar-refractivity contribution is 5.98. The van der Waals surface area contributed by atoms with Crippen molar-refractivity contribution in [1.29, 1.82) is 0 Å². The molecule has 0 aromatic heterocycles. The van der Waals surface area contributed by atoms with E-state index in [1.54, 1.807) is 9.80 Å². The number of likely N-dealkylation sites (tertiary alicyclic amines) is 2. The molecule has 216 valence electrons. The van der Waals surface area contributed by atoms with E-state index >= 15 is 0 Å². The third-order valence-corrected chi connectivity index (χ3v) is 7.86. The lowest BCUT2D eigenvalue weighted by Crippen LogP contribution is -2.43. The van der Waals surface area contributed by atoms with Crippen molar-refractivity contribution in [2.45, 2.75) is 51.1 Å². The van der Waals surface area contributed by atoms with Gasteiger partial charge in [0.2, 0.25) is 23.6 Å². The van der Waals surface area contributed by atoms with Crippen LogP contribution in [0.5, 0.6) is 0 Å². The van der Waals surface area contributed by atoms with Crippen LogP contribution in [-0.2, 0) is 25.6 Å². The molecular weight excluding hydrogens is 528 g/mol. The summed E-state index contributed by atoms with van der Waals surface area (Å²) in [6.07, 6.45) is 7.24. The summed E-state index contributed by atoms with van der Waals surface area (Å²) in [7, 11) is 0. The highest BCUT2D eigenvalue weighted by Gasteiger charge is 2.34. The summed E-state index contributed by atoms with van der Waals surface area (Å²) in [6.45, 7) is 2.72. The first-order chi connectivity index (χ1) is 20.4. The van der Waals surface area contributed by atoms with E-state index in [1.807, 2.05) is 91.0 Å². The SMILES string of the molecule is CC(=O)N1CCC[C@H]1C(=O)Nc1ccc(/C=C/c2ccc(NC(=O)[C@@H]3CCCN3C(=O)Cc3ccccc3)cc2)cc1. The molecular formula is C34H36N4O4. The summed E-state index contributed by atoms with van der Waals surface area (Å²) in [5.74, 6) is -0.415. The molecule has 0 bridgehead atoms. The van der Waals surface area contributed by atoms with Crippen LogP contribution in [0.1, 0.15) is 49.3 Å². The van der Waals surface area contributed by atoms with Crippen LogP contribution in [0.3, 0.4) is 0 Å². The number of carbonyl (C=O) groups is 4. The zero-order valence-electron chi connectivity index (χ0n) is 23.8. The van der Waals surface area contributed by atoms with Gasteiger partial charge < -0.3 is 20.4 Å². The average Bonchev–Trinajstić information content (AvgIpc) is 3.69. The van der Waals surface area contributed by atoms with Crippen molar-refractivity contribution in [2.75, 3.05) is 23.7 Å². The van der Waals surface area contributed by atoms with Crippen LogP contribution >= 0.6 is 0 Å². The molecule has 2 aliphatic heterocycles. The van der Waals surface area contributed by atoms with E-state index in [4.69, 9.17) is 0 Å². The van der Waals surface area contributed by atoms with Crippen molar-refractivity contribution >= 4 is 47.2 Å². The van der Waals surface area contributed by atoms with Crippen LogP contribution in [0, 0.1) is 0 Å². The van der Waals surface area contributed by atoms with E-state index in [2.05, 4.69) is 10.6 Å². The van der Waals surface area contributed by atoms with Gasteiger partial charge in [0.05, 0.1) is 6.42 Å². The van der Waals surface area contributed by atoms with Crippen molar-refractivity contribution in [3.63, 3.8) is 0 Å². The van der Waals surface area contributed by atoms with Crippen molar-refractivity contribution < 1.29 is 19.2 Å². The molecule has 3 aromatic rings. The van der Waals surface area contributed by atoms with Gasteiger partial charge in [-0.3, -0.25) is 19.2 Å². The number of hydrogen-bond donors (Lipinski definition) is 2. The molecule has 5 rings (SSSR count). The molecule has 2 fully saturated rings. The van der Waals surface area contributed by atoms with Crippen LogP contribution in [0.15, 0.2) is 78.9 Å². The number of nitrogens with one attached hydrogen (secondary N) is 2. The lowest BCUT2D eigenvalue weighted by atomic mass is 10.1. The Bertz CT molecular complexity index is 1450. The summed E-state index contributed by atoms with van der Waals surface area (Å²) in [4.78, 5) is 53.6. The molecule has 3 aromatic carbocycles. The number of rotatable bonds is 8. The Labute approximate surface area is 246 Å². The van der Waals surface area contributed by atoms with Crippen LogP contribution in [0.4, 0.5) is 11.4 Å². The fourth-order valence-electron chi connectivity index (χ4n) is 5.62. The molecule has 8 nitrogen and oxygen atoms in total. The summed E-state index contributed by atoms with van der Waals surface area (Å²) in [5.41, 5.74) is 4.26. The molecule has 0 unspecified atom stereocenters. The fourth-order valence-corrected chi connectivity index (χ4v) is 5.62. The number of nitrogens with zero attached hydrogens (tertiary/aromatic N) is 2. The first-order valence-corrected chi connectivity index (χ1v) is 14.5. The Balaban J connectivity index is 1.12. The Morgan fingerprint density at radius 3 is 1.67 bits per heavy atom. The lowest BCUT2D eigenvalue weighted by molar-refractivity contribution is -0.136. The van der Waals surface area contributed by atoms with Gasteiger partial charge in [0.25, 0.3) is 0 Å². The van der Waals surface area contributed by atoms with Gasteiger partial charge >= 0.3 is 0 Å². The molecule has 0 saturated carbocycles. The maximum atomic E-state index is 13.0. The molecule has 2 heterocycles. The predicted molar refractivity (Wildman–Crippen MR) is 164 cm³/mol. The lowest BCUT2D eigenvalue weighted by Gasteiger charge is -2.24. The molecule has 42 heavy (non-hydrogen) atoms. The highest BCUT2D eigenvalue weighted by atomic mass is 16.2. The monoisotopic (exact) mass is 564 g/mol. The molecule has 0 radical (unpaired) electrons. The number of benzene rings is 3. The van der Waals surface area contributed by atoms with Gasteiger partial charge in [-0.15, -0.1) is 0 Å². The van der Waals surface area contributed by atoms with E-state index < -0.39 is 12.1 Å². The maximum absolute atomic E-state index is 13.0. The number of hydrogen-bond acceptors (Lipinski definition) is 4. The first-order valence-electron chi connectivity index (χ1n) is 14.5. The van der Waals surface area contributed by atoms with Crippen LogP contribution in [0.2, 0.25) is 0 Å². The van der Waals surface area contributed by atoms with Crippen molar-refractivity contribution in [3.8, 4) is 0 Å². The zero-order valence-corrected chi connectivity index (χ0v) is 23.8. The van der Waals surface area contributed by atoms with Crippen molar-refractivity contribution in [2.24, 2.45) is 0 Å². The van der Waals surface area contributed by atoms with Crippen molar-refractivity contribution in [1.82, 2.24) is 9.80 Å². The minimum absolute atomic E-state index is 0.0248. The molecule has 4 amide bonds. The van der Waals surface area contributed by atoms with Gasteiger partial charge in [0, 0.05) is 31.4 Å². The minimum Gasteiger partial charge on any atom is -0.331 e. The fraction of sp³-hybridized carbons (Fsp3) is 0.294. The Hall–Kier alpha value is -4.72. The molecule has 2 aliphatic rings. The normalized spacial score (nSPS) is 18.3. The summed E-state index contributed by atoms with van der Waals surface area (Å²) in [6, 6.07) is 23.8. The van der Waals surface area contributed by atoms with E-state index in [0.29, 0.717) is 43.7 Å². The van der Waals surface area contributed by atoms with Gasteiger partial charge in [-0.1, -0.05) is 66.7 Å². The third-order valence-electron chi connectivity index (χ3n) is 7.86. The van der Waals surface area contributed by atoms with Crippen LogP contribution in [-0.4, -0.2) is 58.6 Å². The topological polar surface area (TPSA) is 98.8 Å². The zero-order chi connectivity index (χ0) is 29.5. The van der Waals surface area contributed by atoms with Gasteiger partial charge in [-0.2, -0.15) is 0 Å². The van der Waals surface area contributed by atoms with E-state index in [0.717, 1.165) is 29.5 Å². The van der Waals surface area contributed by atoms with Crippen molar-refractivity contribution in [3.05, 3.63) is 95.6 Å². The summed E-state index contributed by atoms with van der Waals surface area (Å²) in [5, 5.41) is 5.89. The second-order valence-corrected chi connectivity index (χ2v) is 10.8. The van der Waals surface area contributed by atoms with Gasteiger partial charge in [0.15, 0.2) is 0 Å². The average molecular weight is 565 g/mol. The number of amides is 4. The second kappa shape index (κ2) is 13.3. The Morgan fingerprint density at radius 2 is 1.17 bits per heavy atom. The highest BCUT2D eigenvalue weighted by Crippen LogP contribution is 2.22. The number of carbonyl (C=O) groups excluding carboxylic acids is 4. The smallest absolute Gasteiger partial charge is 0.247 e. The minimum atomic E-state index is -0.459. The standard InChI is InChI=1S/C34H36N4O4/c1-24(39)37-21-5-9-30(37)33(41)35-28-17-13-25(14-18-28)11-12-26-15-19-29(20-16-26)36-34(42)31-10-6-22-38(31)32(40)23-27-7-3-2-4-8-27/h2-4,7-8,11-20,30-31H,5-6,9-10,21-23H2,1H3,(H,35,41)(H,36,42)/b12-11+/t30-,31-/m0/s1. The Kier molecular flexibility index (Phi) is 9.12. The summed E-state index contributed by atoms with van der Waals surface area (Å²) < 4.78 is 0. The molecule has 2 saturated heterocycles. The predicted octanol–water partition coefficient (Wildman–Crippen LogP) is 4.98. The molecule has 8 heteroatoms. The largest absolute Gasteiger partial charge is 0.331 e. The maximum Gasteiger partial charge on any atom is 0.247 e. The molecule has 0 spiro atoms. The van der Waals surface area contributed by atoms with Crippen LogP contribution < -0.4 is 10.6 Å². The quantitative estimate of drug-likeness (QED) is 0.377. The van der Waals surface area contributed by atoms with E-state index in [-0.39, 0.29) is 23.6 Å². The number of anilines is 2. The first kappa shape index (κ1) is 28.8. The van der Waals surface area contributed by atoms with Gasteiger partial charge in [-0.05, 0) is 66.6 Å². The van der Waals surface area contributed by atoms with Crippen LogP contribution in [0.25, 0.3) is 12.2 Å². The van der Waals surface area contributed by atoms with Gasteiger partial charge in [-0.25, -0.2) is 0 Å². The van der Waals surface area contributed by atoms with E-state index in [1.165, 1.54) is 6.92 Å². The second-order valence-electron chi connectivity index (χ2n) is 10.8. The molecule has 2 atom stereocenters.